The molecule has 0 atom stereocenters. The Morgan fingerprint density at radius 3 is 0.886 bits per heavy atom. The van der Waals surface area contributed by atoms with Crippen molar-refractivity contribution in [2.75, 3.05) is 0 Å². The molecule has 26 N–H and O–H groups in total. The fourth-order valence-electron chi connectivity index (χ4n) is 9.38. The van der Waals surface area contributed by atoms with Crippen molar-refractivity contribution in [3.8, 4) is 171 Å². The maximum atomic E-state index is 12.3. The van der Waals surface area contributed by atoms with Gasteiger partial charge in [-0.05, 0) is 0 Å². The van der Waals surface area contributed by atoms with Crippen LogP contribution in [0.15, 0.2) is 4.42 Å². The molecule has 0 amide bonds. The van der Waals surface area contributed by atoms with Gasteiger partial charge in [-0.25, -0.2) is 0 Å². The molecule has 1 aromatic heterocycles. The summed E-state index contributed by atoms with van der Waals surface area (Å²) in [6, 6.07) is 0. The number of rotatable bonds is 2. The highest BCUT2D eigenvalue weighted by atomic mass is 16.5. The monoisotopic (exact) mass is 974 g/mol. The van der Waals surface area contributed by atoms with Gasteiger partial charge in [0.1, 0.15) is 5.75 Å². The third-order valence-electron chi connectivity index (χ3n) is 12.4. The van der Waals surface area contributed by atoms with Crippen LogP contribution in [0.3, 0.4) is 0 Å². The van der Waals surface area contributed by atoms with Crippen LogP contribution in [0.1, 0.15) is 11.1 Å². The molecule has 1 aliphatic rings. The van der Waals surface area contributed by atoms with Gasteiger partial charge >= 0.3 is 0 Å². The standard InChI is InChI=1S/C43H26O27/c44-17-10(27(54)40(67)42-13(17)14-28(55)25(52)11-12(41(14)70-42)29(56)38(65)37(64)26(11)53)2-5-3(18(45)32(59)34(61)20(5)47)1(4-6(2)21(48)35(62)33(60)19(4)46)7-15-8(23(50)31(58)22(7)49)9-16(43(15,68)69)30(57)39(66)36(63)24(9)51/h44-69H. The molecule has 0 radical (unpaired) electrons. The number of benzene rings is 8. The second-order valence-electron chi connectivity index (χ2n) is 15.8. The maximum absolute atomic E-state index is 12.3. The molecule has 8 aromatic carbocycles. The van der Waals surface area contributed by atoms with Crippen LogP contribution < -0.4 is 0 Å². The average molecular weight is 975 g/mol. The van der Waals surface area contributed by atoms with E-state index in [-0.39, 0.29) is 0 Å². The summed E-state index contributed by atoms with van der Waals surface area (Å²) in [5, 5.41) is 282. The van der Waals surface area contributed by atoms with E-state index in [0.717, 1.165) is 0 Å². The number of phenolic OH excluding ortho intramolecular Hbond substituents is 24. The van der Waals surface area contributed by atoms with Gasteiger partial charge in [0.25, 0.3) is 0 Å². The lowest BCUT2D eigenvalue weighted by atomic mass is 9.80. The first kappa shape index (κ1) is 43.4. The first-order chi connectivity index (χ1) is 32.6. The van der Waals surface area contributed by atoms with Crippen molar-refractivity contribution in [1.82, 2.24) is 0 Å². The zero-order valence-electron chi connectivity index (χ0n) is 33.5. The van der Waals surface area contributed by atoms with Gasteiger partial charge in [-0.3, -0.25) is 0 Å². The topological polar surface area (TPSA) is 539 Å². The van der Waals surface area contributed by atoms with Crippen molar-refractivity contribution in [1.29, 1.82) is 0 Å². The van der Waals surface area contributed by atoms with Crippen molar-refractivity contribution >= 4 is 54.3 Å². The number of hydrogen-bond donors (Lipinski definition) is 26. The Hall–Kier alpha value is -10.5. The summed E-state index contributed by atoms with van der Waals surface area (Å²) < 4.78 is 5.56. The highest BCUT2D eigenvalue weighted by molar-refractivity contribution is 6.33. The molecule has 1 aliphatic carbocycles. The van der Waals surface area contributed by atoms with E-state index in [2.05, 4.69) is 0 Å². The van der Waals surface area contributed by atoms with E-state index in [0.29, 0.717) is 0 Å². The van der Waals surface area contributed by atoms with Gasteiger partial charge in [0.2, 0.25) is 63.3 Å². The second kappa shape index (κ2) is 12.9. The third-order valence-corrected chi connectivity index (χ3v) is 12.4. The Balaban J connectivity index is 1.52. The van der Waals surface area contributed by atoms with Gasteiger partial charge in [-0.15, -0.1) is 0 Å². The Morgan fingerprint density at radius 2 is 0.443 bits per heavy atom. The molecular weight excluding hydrogens is 948 g/mol. The van der Waals surface area contributed by atoms with Crippen molar-refractivity contribution in [3.63, 3.8) is 0 Å². The minimum atomic E-state index is -4.08. The Morgan fingerprint density at radius 1 is 0.186 bits per heavy atom. The fourth-order valence-corrected chi connectivity index (χ4v) is 9.38. The summed E-state index contributed by atoms with van der Waals surface area (Å²) in [5.41, 5.74) is -13.5. The second-order valence-corrected chi connectivity index (χ2v) is 15.8. The molecular formula is C43H26O27. The van der Waals surface area contributed by atoms with Crippen LogP contribution in [0, 0.1) is 0 Å². The van der Waals surface area contributed by atoms with Crippen molar-refractivity contribution < 1.29 is 137 Å². The van der Waals surface area contributed by atoms with Crippen LogP contribution in [0.5, 0.6) is 138 Å². The molecule has 70 heavy (non-hydrogen) atoms. The molecule has 10 rings (SSSR count). The van der Waals surface area contributed by atoms with Gasteiger partial charge in [0.05, 0.1) is 32.7 Å². The first-order valence-corrected chi connectivity index (χ1v) is 19.0. The van der Waals surface area contributed by atoms with Crippen molar-refractivity contribution in [3.05, 3.63) is 11.1 Å². The lowest BCUT2D eigenvalue weighted by Gasteiger charge is -2.27. The number of aromatic hydroxyl groups is 24. The molecule has 0 saturated heterocycles. The molecule has 0 saturated carbocycles. The normalized spacial score (nSPS) is 13.1. The number of aliphatic hydroxyl groups is 2. The summed E-state index contributed by atoms with van der Waals surface area (Å²) >= 11 is 0. The van der Waals surface area contributed by atoms with Crippen LogP contribution in [0.4, 0.5) is 0 Å². The van der Waals surface area contributed by atoms with Crippen LogP contribution >= 0.6 is 0 Å². The molecule has 0 bridgehead atoms. The lowest BCUT2D eigenvalue weighted by Crippen LogP contribution is -2.24. The molecule has 0 unspecified atom stereocenters. The molecule has 9 aromatic rings. The van der Waals surface area contributed by atoms with Crippen molar-refractivity contribution in [2.45, 2.75) is 5.79 Å². The largest absolute Gasteiger partial charge is 0.506 e. The van der Waals surface area contributed by atoms with Crippen LogP contribution in [-0.2, 0) is 5.79 Å². The molecule has 0 aliphatic heterocycles. The summed E-state index contributed by atoms with van der Waals surface area (Å²) in [6.07, 6.45) is 0. The van der Waals surface area contributed by atoms with Crippen molar-refractivity contribution in [2.24, 2.45) is 0 Å². The van der Waals surface area contributed by atoms with Gasteiger partial charge in [0, 0.05) is 54.9 Å². The van der Waals surface area contributed by atoms with Gasteiger partial charge in [0.15, 0.2) is 85.9 Å². The SMILES string of the molecule is Oc1c(O)c(O)c2c(c1O)-c1c(O)c(O)c(O)c(-c3c4c(O)c(O)c(O)c(O)c4c(-c4c(O)c(O)c5oc6c7c(O)c(O)c(O)c(O)c7c(O)c(O)c6c5c4O)c4c(O)c(O)c(O)c(O)c34)c1C2(O)O. The Bertz CT molecular complexity index is 3990. The van der Waals surface area contributed by atoms with E-state index >= 15 is 0 Å². The van der Waals surface area contributed by atoms with Crippen LogP contribution in [0.25, 0.3) is 87.6 Å². The lowest BCUT2D eigenvalue weighted by molar-refractivity contribution is -0.129. The fraction of sp³-hybridized carbons (Fsp3) is 0.0233. The minimum absolute atomic E-state index is 0.970. The number of furan rings is 1. The summed E-state index contributed by atoms with van der Waals surface area (Å²) in [7, 11) is 0. The minimum Gasteiger partial charge on any atom is -0.506 e. The molecule has 0 spiro atoms. The van der Waals surface area contributed by atoms with Gasteiger partial charge < -0.3 is 137 Å². The van der Waals surface area contributed by atoms with E-state index in [1.165, 1.54) is 0 Å². The van der Waals surface area contributed by atoms with E-state index in [4.69, 9.17) is 4.42 Å². The van der Waals surface area contributed by atoms with Crippen LogP contribution in [0.2, 0.25) is 0 Å². The third kappa shape index (κ3) is 4.51. The zero-order valence-corrected chi connectivity index (χ0v) is 33.5. The number of phenols is 24. The molecule has 0 fully saturated rings. The highest BCUT2D eigenvalue weighted by Crippen LogP contribution is 2.71. The zero-order chi connectivity index (χ0) is 51.5. The van der Waals surface area contributed by atoms with E-state index < -0.39 is 243 Å². The van der Waals surface area contributed by atoms with E-state index in [1.807, 2.05) is 0 Å². The molecule has 27 nitrogen and oxygen atoms in total. The summed E-state index contributed by atoms with van der Waals surface area (Å²) in [4.78, 5) is 0. The maximum Gasteiger partial charge on any atom is 0.223 e. The number of hydrogen-bond acceptors (Lipinski definition) is 27. The molecule has 360 valence electrons. The number of fused-ring (bicyclic) bond motifs is 10. The molecule has 27 heteroatoms. The van der Waals surface area contributed by atoms with Gasteiger partial charge in [-0.2, -0.15) is 0 Å². The average Bonchev–Trinajstić information content (AvgIpc) is 3.84. The Kier molecular flexibility index (Phi) is 7.97. The highest BCUT2D eigenvalue weighted by Gasteiger charge is 2.52. The predicted molar refractivity (Wildman–Crippen MR) is 228 cm³/mol. The quantitative estimate of drug-likeness (QED) is 0.0510. The predicted octanol–water partition coefficient (Wildman–Crippen LogP) is 3.48. The first-order valence-electron chi connectivity index (χ1n) is 19.0. The smallest absolute Gasteiger partial charge is 0.223 e. The van der Waals surface area contributed by atoms with E-state index in [9.17, 15) is 133 Å². The summed E-state index contributed by atoms with van der Waals surface area (Å²) in [5.74, 6) is -43.6. The Labute approximate surface area is 379 Å². The van der Waals surface area contributed by atoms with E-state index in [1.54, 1.807) is 0 Å². The summed E-state index contributed by atoms with van der Waals surface area (Å²) in [6.45, 7) is 0. The molecule has 1 heterocycles. The van der Waals surface area contributed by atoms with Crippen LogP contribution in [-0.4, -0.2) is 133 Å². The van der Waals surface area contributed by atoms with Gasteiger partial charge in [-0.1, -0.05) is 0 Å².